The Hall–Kier alpha value is -2.88. The molecule has 3 rings (SSSR count). The van der Waals surface area contributed by atoms with E-state index in [-0.39, 0.29) is 18.0 Å². The number of aromatic nitrogens is 2. The highest BCUT2D eigenvalue weighted by Crippen LogP contribution is 2.18. The lowest BCUT2D eigenvalue weighted by atomic mass is 10.1. The van der Waals surface area contributed by atoms with Gasteiger partial charge in [0.1, 0.15) is 12.6 Å². The molecule has 1 aromatic carbocycles. The first-order chi connectivity index (χ1) is 13.3. The van der Waals surface area contributed by atoms with Gasteiger partial charge < -0.3 is 15.4 Å². The van der Waals surface area contributed by atoms with Gasteiger partial charge in [0, 0.05) is 25.0 Å². The summed E-state index contributed by atoms with van der Waals surface area (Å²) >= 11 is 0. The second-order valence-electron chi connectivity index (χ2n) is 6.42. The molecule has 1 atom stereocenters. The summed E-state index contributed by atoms with van der Waals surface area (Å²) in [4.78, 5) is 24.2. The van der Waals surface area contributed by atoms with Crippen LogP contribution in [0.3, 0.4) is 0 Å². The molecule has 1 fully saturated rings. The number of carbonyl (C=O) groups excluding carboxylic acids is 2. The van der Waals surface area contributed by atoms with Gasteiger partial charge in [-0.15, -0.1) is 0 Å². The zero-order valence-electron chi connectivity index (χ0n) is 14.8. The zero-order valence-corrected chi connectivity index (χ0v) is 14.8. The first-order valence-corrected chi connectivity index (χ1v) is 8.69. The Balaban J connectivity index is 1.54. The van der Waals surface area contributed by atoms with Crippen molar-refractivity contribution in [3.05, 3.63) is 47.8 Å². The molecule has 0 saturated carbocycles. The minimum absolute atomic E-state index is 0.0343. The molecule has 0 aliphatic carbocycles. The summed E-state index contributed by atoms with van der Waals surface area (Å²) in [6.07, 6.45) is -1.20. The van der Waals surface area contributed by atoms with E-state index in [0.29, 0.717) is 23.4 Å². The Labute approximate surface area is 158 Å². The van der Waals surface area contributed by atoms with Gasteiger partial charge in [0.15, 0.2) is 0 Å². The number of hydrogen-bond acceptors (Lipinski definition) is 4. The third-order valence-corrected chi connectivity index (χ3v) is 4.11. The van der Waals surface area contributed by atoms with Crippen LogP contribution >= 0.6 is 0 Å². The highest BCUT2D eigenvalue weighted by molar-refractivity contribution is 5.94. The maximum atomic E-state index is 12.3. The van der Waals surface area contributed by atoms with E-state index in [2.05, 4.69) is 15.7 Å². The molecule has 0 radical (unpaired) electrons. The number of alkyl halides is 3. The third-order valence-electron chi connectivity index (χ3n) is 4.11. The van der Waals surface area contributed by atoms with E-state index < -0.39 is 24.7 Å². The number of nitrogens with one attached hydrogen (secondary N) is 2. The van der Waals surface area contributed by atoms with Gasteiger partial charge in [0.05, 0.1) is 11.8 Å². The first kappa shape index (κ1) is 19.9. The summed E-state index contributed by atoms with van der Waals surface area (Å²) in [6, 6.07) is 6.92. The molecule has 7 nitrogen and oxygen atoms in total. The number of hydrogen-bond donors (Lipinski definition) is 2. The lowest BCUT2D eigenvalue weighted by Gasteiger charge is -2.11. The van der Waals surface area contributed by atoms with Crippen LogP contribution in [-0.4, -0.2) is 40.5 Å². The summed E-state index contributed by atoms with van der Waals surface area (Å²) in [5.41, 5.74) is 1.33. The molecular formula is C18H19F3N4O3. The maximum absolute atomic E-state index is 12.3. The Morgan fingerprint density at radius 1 is 1.32 bits per heavy atom. The third kappa shape index (κ3) is 5.56. The van der Waals surface area contributed by atoms with Crippen LogP contribution in [0.15, 0.2) is 36.7 Å². The van der Waals surface area contributed by atoms with Crippen LogP contribution in [0.5, 0.6) is 0 Å². The Morgan fingerprint density at radius 3 is 2.86 bits per heavy atom. The molecule has 2 heterocycles. The molecule has 2 amide bonds. The van der Waals surface area contributed by atoms with Crippen molar-refractivity contribution in [2.45, 2.75) is 38.2 Å². The van der Waals surface area contributed by atoms with Gasteiger partial charge in [-0.1, -0.05) is 12.1 Å². The van der Waals surface area contributed by atoms with Gasteiger partial charge in [0.25, 0.3) is 11.8 Å². The van der Waals surface area contributed by atoms with Crippen molar-refractivity contribution in [1.29, 1.82) is 0 Å². The van der Waals surface area contributed by atoms with Gasteiger partial charge in [0.2, 0.25) is 0 Å². The largest absolute Gasteiger partial charge is 0.408 e. The number of nitrogens with zero attached hydrogens (tertiary/aromatic N) is 2. The second kappa shape index (κ2) is 8.42. The van der Waals surface area contributed by atoms with Gasteiger partial charge in [-0.2, -0.15) is 18.3 Å². The van der Waals surface area contributed by atoms with Crippen molar-refractivity contribution in [3.8, 4) is 0 Å². The van der Waals surface area contributed by atoms with Gasteiger partial charge in [-0.05, 0) is 30.5 Å². The van der Waals surface area contributed by atoms with Gasteiger partial charge >= 0.3 is 6.18 Å². The fourth-order valence-corrected chi connectivity index (χ4v) is 2.80. The number of rotatable bonds is 6. The average Bonchev–Trinajstić information content (AvgIpc) is 3.30. The number of benzene rings is 1. The Bertz CT molecular complexity index is 845. The molecule has 0 spiro atoms. The number of ether oxygens (including phenoxy) is 1. The monoisotopic (exact) mass is 396 g/mol. The summed E-state index contributed by atoms with van der Waals surface area (Å²) in [5.74, 6) is -0.752. The molecule has 0 unspecified atom stereocenters. The van der Waals surface area contributed by atoms with E-state index in [1.807, 2.05) is 0 Å². The number of halogens is 3. The standard InChI is InChI=1S/C18H19F3N4O3/c19-18(20,21)11-25-10-13(9-23-25)16(26)22-8-12-3-1-4-14(7-12)24-17(27)15-5-2-6-28-15/h1,3-4,7,9-10,15H,2,5-6,8,11H2,(H,22,26)(H,24,27)/t15-/m1/s1. The summed E-state index contributed by atoms with van der Waals surface area (Å²) in [6.45, 7) is -0.538. The highest BCUT2D eigenvalue weighted by atomic mass is 19.4. The van der Waals surface area contributed by atoms with Crippen molar-refractivity contribution in [1.82, 2.24) is 15.1 Å². The van der Waals surface area contributed by atoms with Crippen molar-refractivity contribution in [2.24, 2.45) is 0 Å². The molecule has 10 heteroatoms. The van der Waals surface area contributed by atoms with Crippen LogP contribution in [0.4, 0.5) is 18.9 Å². The highest BCUT2D eigenvalue weighted by Gasteiger charge is 2.28. The van der Waals surface area contributed by atoms with E-state index in [1.165, 1.54) is 0 Å². The summed E-state index contributed by atoms with van der Waals surface area (Å²) in [5, 5.41) is 8.93. The number of carbonyl (C=O) groups is 2. The van der Waals surface area contributed by atoms with E-state index in [0.717, 1.165) is 24.4 Å². The van der Waals surface area contributed by atoms with Crippen LogP contribution in [0.1, 0.15) is 28.8 Å². The van der Waals surface area contributed by atoms with Crippen LogP contribution in [0, 0.1) is 0 Å². The fraction of sp³-hybridized carbons (Fsp3) is 0.389. The average molecular weight is 396 g/mol. The van der Waals surface area contributed by atoms with Gasteiger partial charge in [-0.3, -0.25) is 14.3 Å². The molecule has 1 aliphatic rings. The minimum atomic E-state index is -4.41. The molecule has 28 heavy (non-hydrogen) atoms. The summed E-state index contributed by atoms with van der Waals surface area (Å²) in [7, 11) is 0. The lowest BCUT2D eigenvalue weighted by molar-refractivity contribution is -0.142. The normalized spacial score (nSPS) is 16.8. The van der Waals surface area contributed by atoms with Crippen LogP contribution < -0.4 is 10.6 Å². The van der Waals surface area contributed by atoms with E-state index in [9.17, 15) is 22.8 Å². The second-order valence-corrected chi connectivity index (χ2v) is 6.42. The molecule has 1 aromatic heterocycles. The molecule has 0 bridgehead atoms. The van der Waals surface area contributed by atoms with Crippen molar-refractivity contribution >= 4 is 17.5 Å². The maximum Gasteiger partial charge on any atom is 0.408 e. The smallest absolute Gasteiger partial charge is 0.368 e. The minimum Gasteiger partial charge on any atom is -0.368 e. The number of anilines is 1. The van der Waals surface area contributed by atoms with Crippen LogP contribution in [-0.2, 0) is 22.6 Å². The predicted octanol–water partition coefficient (Wildman–Crippen LogP) is 2.49. The van der Waals surface area contributed by atoms with E-state index in [4.69, 9.17) is 4.74 Å². The van der Waals surface area contributed by atoms with Gasteiger partial charge in [-0.25, -0.2) is 0 Å². The first-order valence-electron chi connectivity index (χ1n) is 8.69. The summed E-state index contributed by atoms with van der Waals surface area (Å²) < 4.78 is 43.0. The van der Waals surface area contributed by atoms with Crippen molar-refractivity contribution < 1.29 is 27.5 Å². The van der Waals surface area contributed by atoms with Crippen molar-refractivity contribution in [3.63, 3.8) is 0 Å². The molecule has 1 aliphatic heterocycles. The Morgan fingerprint density at radius 2 is 2.14 bits per heavy atom. The quantitative estimate of drug-likeness (QED) is 0.786. The van der Waals surface area contributed by atoms with Crippen LogP contribution in [0.25, 0.3) is 0 Å². The molecule has 2 aromatic rings. The fourth-order valence-electron chi connectivity index (χ4n) is 2.80. The molecule has 1 saturated heterocycles. The predicted molar refractivity (Wildman–Crippen MR) is 93.5 cm³/mol. The molecule has 2 N–H and O–H groups in total. The topological polar surface area (TPSA) is 85.2 Å². The molecule has 150 valence electrons. The zero-order chi connectivity index (χ0) is 20.1. The lowest BCUT2D eigenvalue weighted by Crippen LogP contribution is -2.27. The number of amides is 2. The molecular weight excluding hydrogens is 377 g/mol. The van der Waals surface area contributed by atoms with E-state index >= 15 is 0 Å². The van der Waals surface area contributed by atoms with E-state index in [1.54, 1.807) is 24.3 Å². The Kier molecular flexibility index (Phi) is 5.98. The SMILES string of the molecule is O=C(NCc1cccc(NC(=O)[C@H]2CCCO2)c1)c1cnn(CC(F)(F)F)c1. The van der Waals surface area contributed by atoms with Crippen LogP contribution in [0.2, 0.25) is 0 Å². The van der Waals surface area contributed by atoms with Crippen molar-refractivity contribution in [2.75, 3.05) is 11.9 Å².